The van der Waals surface area contributed by atoms with Crippen molar-refractivity contribution in [2.24, 2.45) is 0 Å². The molecule has 0 bridgehead atoms. The number of carbonyl (C=O) groups is 1. The second-order valence-corrected chi connectivity index (χ2v) is 3.32. The van der Waals surface area contributed by atoms with Gasteiger partial charge in [0.05, 0.1) is 0 Å². The van der Waals surface area contributed by atoms with E-state index >= 15 is 0 Å². The molecule has 0 spiro atoms. The average molecular weight is 175 g/mol. The van der Waals surface area contributed by atoms with Crippen LogP contribution in [-0.2, 0) is 11.2 Å². The van der Waals surface area contributed by atoms with Gasteiger partial charge in [0, 0.05) is 25.2 Å². The molecule has 2 heteroatoms. The van der Waals surface area contributed by atoms with Crippen molar-refractivity contribution in [3.63, 3.8) is 0 Å². The Labute approximate surface area is 78.2 Å². The summed E-state index contributed by atoms with van der Waals surface area (Å²) in [7, 11) is 0. The maximum absolute atomic E-state index is 10.2. The lowest BCUT2D eigenvalue weighted by molar-refractivity contribution is -0.107. The lowest BCUT2D eigenvalue weighted by atomic mass is 10.2. The second-order valence-electron chi connectivity index (χ2n) is 3.32. The Morgan fingerprint density at radius 1 is 1.38 bits per heavy atom. The summed E-state index contributed by atoms with van der Waals surface area (Å²) in [5.41, 5.74) is 2.72. The number of nitrogens with zero attached hydrogens (tertiary/aromatic N) is 1. The minimum absolute atomic E-state index is 0.633. The number of anilines is 1. The van der Waals surface area contributed by atoms with Crippen molar-refractivity contribution in [3.8, 4) is 0 Å². The summed E-state index contributed by atoms with van der Waals surface area (Å²) in [4.78, 5) is 12.5. The molecule has 0 saturated heterocycles. The molecule has 1 heterocycles. The van der Waals surface area contributed by atoms with Gasteiger partial charge in [-0.25, -0.2) is 0 Å². The van der Waals surface area contributed by atoms with Crippen LogP contribution in [0, 0.1) is 0 Å². The van der Waals surface area contributed by atoms with E-state index in [2.05, 4.69) is 29.2 Å². The molecule has 0 saturated carbocycles. The van der Waals surface area contributed by atoms with E-state index in [9.17, 15) is 4.79 Å². The zero-order valence-corrected chi connectivity index (χ0v) is 7.57. The average Bonchev–Trinajstić information content (AvgIpc) is 2.58. The van der Waals surface area contributed by atoms with Gasteiger partial charge in [0.15, 0.2) is 0 Å². The highest BCUT2D eigenvalue weighted by molar-refractivity contribution is 5.59. The smallest absolute Gasteiger partial charge is 0.121 e. The first kappa shape index (κ1) is 8.30. The highest BCUT2D eigenvalue weighted by atomic mass is 16.1. The molecule has 0 aromatic heterocycles. The highest BCUT2D eigenvalue weighted by Gasteiger charge is 2.16. The number of rotatable bonds is 3. The van der Waals surface area contributed by atoms with Crippen LogP contribution >= 0.6 is 0 Å². The van der Waals surface area contributed by atoms with Crippen LogP contribution in [0.3, 0.4) is 0 Å². The van der Waals surface area contributed by atoms with Gasteiger partial charge in [-0.1, -0.05) is 18.2 Å². The van der Waals surface area contributed by atoms with Crippen LogP contribution in [-0.4, -0.2) is 19.4 Å². The van der Waals surface area contributed by atoms with Crippen molar-refractivity contribution in [2.45, 2.75) is 12.8 Å². The molecule has 1 aliphatic rings. The van der Waals surface area contributed by atoms with Gasteiger partial charge in [0.25, 0.3) is 0 Å². The fraction of sp³-hybridized carbons (Fsp3) is 0.364. The predicted molar refractivity (Wildman–Crippen MR) is 53.0 cm³/mol. The lowest BCUT2D eigenvalue weighted by Gasteiger charge is -2.17. The number of benzene rings is 1. The largest absolute Gasteiger partial charge is 0.371 e. The van der Waals surface area contributed by atoms with Crippen molar-refractivity contribution < 1.29 is 4.79 Å². The van der Waals surface area contributed by atoms with Crippen LogP contribution in [0.15, 0.2) is 24.3 Å². The lowest BCUT2D eigenvalue weighted by Crippen LogP contribution is -2.21. The van der Waals surface area contributed by atoms with E-state index in [1.165, 1.54) is 11.3 Å². The van der Waals surface area contributed by atoms with E-state index in [0.29, 0.717) is 6.42 Å². The third kappa shape index (κ3) is 1.57. The number of fused-ring (bicyclic) bond motifs is 1. The molecule has 1 aromatic carbocycles. The molecule has 1 aliphatic heterocycles. The van der Waals surface area contributed by atoms with Crippen LogP contribution in [0.5, 0.6) is 0 Å². The molecular weight excluding hydrogens is 162 g/mol. The van der Waals surface area contributed by atoms with Gasteiger partial charge in [0.1, 0.15) is 6.29 Å². The minimum atomic E-state index is 0.633. The van der Waals surface area contributed by atoms with Crippen LogP contribution in [0.25, 0.3) is 0 Å². The van der Waals surface area contributed by atoms with Gasteiger partial charge in [-0.05, 0) is 18.1 Å². The van der Waals surface area contributed by atoms with Gasteiger partial charge in [0.2, 0.25) is 0 Å². The maximum atomic E-state index is 10.2. The molecule has 0 radical (unpaired) electrons. The maximum Gasteiger partial charge on any atom is 0.121 e. The third-order valence-corrected chi connectivity index (χ3v) is 2.50. The summed E-state index contributed by atoms with van der Waals surface area (Å²) >= 11 is 0. The number of hydrogen-bond donors (Lipinski definition) is 0. The summed E-state index contributed by atoms with van der Waals surface area (Å²) in [6, 6.07) is 8.42. The van der Waals surface area contributed by atoms with Crippen molar-refractivity contribution >= 4 is 12.0 Å². The molecule has 13 heavy (non-hydrogen) atoms. The van der Waals surface area contributed by atoms with Gasteiger partial charge in [-0.2, -0.15) is 0 Å². The van der Waals surface area contributed by atoms with Crippen LogP contribution in [0.2, 0.25) is 0 Å². The molecule has 0 N–H and O–H groups in total. The Balaban J connectivity index is 2.13. The van der Waals surface area contributed by atoms with Crippen molar-refractivity contribution in [1.82, 2.24) is 0 Å². The van der Waals surface area contributed by atoms with Crippen LogP contribution < -0.4 is 4.90 Å². The Morgan fingerprint density at radius 3 is 3.08 bits per heavy atom. The summed E-state index contributed by atoms with van der Waals surface area (Å²) in [6.45, 7) is 1.92. The van der Waals surface area contributed by atoms with Gasteiger partial charge in [-0.3, -0.25) is 0 Å². The molecule has 0 atom stereocenters. The fourth-order valence-corrected chi connectivity index (χ4v) is 1.85. The van der Waals surface area contributed by atoms with E-state index in [0.717, 1.165) is 25.8 Å². The summed E-state index contributed by atoms with van der Waals surface area (Å²) in [5, 5.41) is 0. The second kappa shape index (κ2) is 3.60. The highest BCUT2D eigenvalue weighted by Crippen LogP contribution is 2.26. The standard InChI is InChI=1S/C11H13NO/c13-9-3-7-12-8-6-10-4-1-2-5-11(10)12/h1-2,4-5,9H,3,6-8H2. The van der Waals surface area contributed by atoms with E-state index in [1.807, 2.05) is 0 Å². The van der Waals surface area contributed by atoms with Crippen molar-refractivity contribution in [1.29, 1.82) is 0 Å². The van der Waals surface area contributed by atoms with Crippen molar-refractivity contribution in [3.05, 3.63) is 29.8 Å². The van der Waals surface area contributed by atoms with E-state index in [4.69, 9.17) is 0 Å². The van der Waals surface area contributed by atoms with Gasteiger partial charge < -0.3 is 9.69 Å². The first-order valence-corrected chi connectivity index (χ1v) is 4.68. The van der Waals surface area contributed by atoms with E-state index in [-0.39, 0.29) is 0 Å². The quantitative estimate of drug-likeness (QED) is 0.651. The summed E-state index contributed by atoms with van der Waals surface area (Å²) in [5.74, 6) is 0. The number of hydrogen-bond acceptors (Lipinski definition) is 2. The fourth-order valence-electron chi connectivity index (χ4n) is 1.85. The summed E-state index contributed by atoms with van der Waals surface area (Å²) < 4.78 is 0. The Hall–Kier alpha value is -1.31. The van der Waals surface area contributed by atoms with Crippen LogP contribution in [0.4, 0.5) is 5.69 Å². The monoisotopic (exact) mass is 175 g/mol. The van der Waals surface area contributed by atoms with Gasteiger partial charge in [-0.15, -0.1) is 0 Å². The van der Waals surface area contributed by atoms with E-state index < -0.39 is 0 Å². The first-order valence-electron chi connectivity index (χ1n) is 4.68. The number of carbonyl (C=O) groups excluding carboxylic acids is 1. The zero-order chi connectivity index (χ0) is 9.10. The molecule has 1 aromatic rings. The Kier molecular flexibility index (Phi) is 2.30. The molecule has 0 amide bonds. The molecule has 0 aliphatic carbocycles. The molecule has 0 unspecified atom stereocenters. The molecule has 2 nitrogen and oxygen atoms in total. The number of para-hydroxylation sites is 1. The molecule has 2 rings (SSSR count). The predicted octanol–water partition coefficient (Wildman–Crippen LogP) is 1.64. The topological polar surface area (TPSA) is 20.3 Å². The van der Waals surface area contributed by atoms with Crippen molar-refractivity contribution in [2.75, 3.05) is 18.0 Å². The van der Waals surface area contributed by atoms with Crippen LogP contribution in [0.1, 0.15) is 12.0 Å². The Morgan fingerprint density at radius 2 is 2.23 bits per heavy atom. The van der Waals surface area contributed by atoms with Gasteiger partial charge >= 0.3 is 0 Å². The normalized spacial score (nSPS) is 14.3. The number of aldehydes is 1. The Bertz CT molecular complexity index is 309. The molecular formula is C11H13NO. The summed E-state index contributed by atoms with van der Waals surface area (Å²) in [6.07, 6.45) is 2.74. The third-order valence-electron chi connectivity index (χ3n) is 2.50. The van der Waals surface area contributed by atoms with E-state index in [1.54, 1.807) is 0 Å². The molecule has 0 fully saturated rings. The minimum Gasteiger partial charge on any atom is -0.371 e. The molecule has 68 valence electrons. The first-order chi connectivity index (χ1) is 6.42. The SMILES string of the molecule is O=CCCN1CCc2ccccc21. The zero-order valence-electron chi connectivity index (χ0n) is 7.57.